The van der Waals surface area contributed by atoms with Gasteiger partial charge in [-0.2, -0.15) is 0 Å². The van der Waals surface area contributed by atoms with E-state index in [1.54, 1.807) is 14.2 Å². The summed E-state index contributed by atoms with van der Waals surface area (Å²) in [5, 5.41) is 0. The van der Waals surface area contributed by atoms with Crippen LogP contribution in [0.25, 0.3) is 0 Å². The van der Waals surface area contributed by atoms with Gasteiger partial charge in [0.1, 0.15) is 11.5 Å². The average Bonchev–Trinajstić information content (AvgIpc) is 2.69. The maximum Gasteiger partial charge on any atom is 0.126 e. The lowest BCUT2D eigenvalue weighted by Crippen LogP contribution is -2.05. The van der Waals surface area contributed by atoms with Crippen molar-refractivity contribution < 1.29 is 9.47 Å². The Morgan fingerprint density at radius 2 is 1.24 bits per heavy atom. The largest absolute Gasteiger partial charge is 0.496 e. The van der Waals surface area contributed by atoms with Gasteiger partial charge in [-0.25, -0.2) is 0 Å². The van der Waals surface area contributed by atoms with E-state index in [2.05, 4.69) is 66.7 Å². The molecule has 0 amide bonds. The van der Waals surface area contributed by atoms with E-state index in [-0.39, 0.29) is 0 Å². The standard InChI is InChI=1S/C23H23O2/c1-24-22-14-9-15-23(25-2)21(22)17-16-20(18-10-5-3-6-11-18)19-12-7-4-8-13-19/h3-8,10-15,20H,16-17H2,1-2H3. The van der Waals surface area contributed by atoms with E-state index in [9.17, 15) is 0 Å². The van der Waals surface area contributed by atoms with E-state index in [4.69, 9.17) is 9.47 Å². The minimum absolute atomic E-state index is 0.334. The van der Waals surface area contributed by atoms with E-state index >= 15 is 0 Å². The second-order valence-corrected chi connectivity index (χ2v) is 5.98. The average molecular weight is 331 g/mol. The Bertz CT molecular complexity index is 720. The first-order valence-electron chi connectivity index (χ1n) is 8.54. The molecule has 127 valence electrons. The van der Waals surface area contributed by atoms with Crippen LogP contribution in [0.4, 0.5) is 0 Å². The van der Waals surface area contributed by atoms with Crippen LogP contribution in [-0.2, 0) is 6.42 Å². The zero-order chi connectivity index (χ0) is 17.5. The Hall–Kier alpha value is -2.74. The minimum atomic E-state index is 0.334. The monoisotopic (exact) mass is 331 g/mol. The molecule has 0 atom stereocenters. The lowest BCUT2D eigenvalue weighted by Gasteiger charge is -2.20. The number of hydrogen-bond donors (Lipinski definition) is 0. The van der Waals surface area contributed by atoms with Gasteiger partial charge in [-0.1, -0.05) is 60.7 Å². The van der Waals surface area contributed by atoms with Gasteiger partial charge >= 0.3 is 0 Å². The van der Waals surface area contributed by atoms with E-state index in [1.165, 1.54) is 11.1 Å². The molecular formula is C23H23O2. The van der Waals surface area contributed by atoms with Gasteiger partial charge in [0.05, 0.1) is 14.2 Å². The lowest BCUT2D eigenvalue weighted by molar-refractivity contribution is 0.383. The Balaban J connectivity index is 1.90. The van der Waals surface area contributed by atoms with Gasteiger partial charge in [0.25, 0.3) is 0 Å². The van der Waals surface area contributed by atoms with Crippen LogP contribution in [-0.4, -0.2) is 14.2 Å². The van der Waals surface area contributed by atoms with Gasteiger partial charge in [-0.3, -0.25) is 0 Å². The topological polar surface area (TPSA) is 18.5 Å². The number of hydrogen-bond acceptors (Lipinski definition) is 2. The highest BCUT2D eigenvalue weighted by Crippen LogP contribution is 2.34. The van der Waals surface area contributed by atoms with Crippen LogP contribution in [0, 0.1) is 6.07 Å². The molecule has 25 heavy (non-hydrogen) atoms. The molecule has 3 aromatic rings. The molecule has 0 N–H and O–H groups in total. The van der Waals surface area contributed by atoms with E-state index in [1.807, 2.05) is 12.1 Å². The second-order valence-electron chi connectivity index (χ2n) is 5.98. The summed E-state index contributed by atoms with van der Waals surface area (Å²) in [6, 6.07) is 28.1. The number of methoxy groups -OCH3 is 2. The molecule has 0 spiro atoms. The maximum absolute atomic E-state index is 5.52. The first-order valence-corrected chi connectivity index (χ1v) is 8.54. The Labute approximate surface area is 150 Å². The molecule has 0 aliphatic carbocycles. The highest BCUT2D eigenvalue weighted by molar-refractivity contribution is 5.45. The van der Waals surface area contributed by atoms with Crippen LogP contribution in [0.3, 0.4) is 0 Å². The van der Waals surface area contributed by atoms with Crippen molar-refractivity contribution in [1.82, 2.24) is 0 Å². The summed E-state index contributed by atoms with van der Waals surface area (Å²) in [5.41, 5.74) is 3.75. The van der Waals surface area contributed by atoms with Gasteiger partial charge in [-0.05, 0) is 42.2 Å². The molecule has 1 radical (unpaired) electrons. The van der Waals surface area contributed by atoms with Crippen LogP contribution in [0.2, 0.25) is 0 Å². The molecule has 3 aromatic carbocycles. The van der Waals surface area contributed by atoms with Gasteiger partial charge < -0.3 is 9.47 Å². The van der Waals surface area contributed by atoms with Gasteiger partial charge in [0.15, 0.2) is 0 Å². The second kappa shape index (κ2) is 8.39. The third-order valence-electron chi connectivity index (χ3n) is 4.55. The van der Waals surface area contributed by atoms with Crippen LogP contribution in [0.15, 0.2) is 72.8 Å². The molecule has 2 heteroatoms. The minimum Gasteiger partial charge on any atom is -0.496 e. The predicted molar refractivity (Wildman–Crippen MR) is 101 cm³/mol. The molecule has 0 unspecified atom stereocenters. The molecule has 0 bridgehead atoms. The maximum atomic E-state index is 5.52. The predicted octanol–water partition coefficient (Wildman–Crippen LogP) is 5.27. The van der Waals surface area contributed by atoms with Gasteiger partial charge in [0, 0.05) is 11.5 Å². The molecule has 0 aliphatic rings. The van der Waals surface area contributed by atoms with Crippen LogP contribution < -0.4 is 9.47 Å². The molecule has 0 fully saturated rings. The molecule has 0 aliphatic heterocycles. The highest BCUT2D eigenvalue weighted by Gasteiger charge is 2.17. The fourth-order valence-corrected chi connectivity index (χ4v) is 3.28. The molecule has 3 rings (SSSR count). The van der Waals surface area contributed by atoms with Crippen molar-refractivity contribution in [1.29, 1.82) is 0 Å². The normalized spacial score (nSPS) is 10.7. The number of rotatable bonds is 7. The summed E-state index contributed by atoms with van der Waals surface area (Å²) < 4.78 is 11.0. The molecule has 0 heterocycles. The van der Waals surface area contributed by atoms with E-state index in [0.29, 0.717) is 5.92 Å². The SMILES string of the molecule is COc1c[c]cc(OC)c1CCC(c1ccccc1)c1ccccc1. The molecule has 0 saturated carbocycles. The first-order chi connectivity index (χ1) is 12.3. The van der Waals surface area contributed by atoms with Crippen molar-refractivity contribution in [3.8, 4) is 11.5 Å². The van der Waals surface area contributed by atoms with Crippen molar-refractivity contribution in [3.05, 3.63) is 95.6 Å². The fraction of sp³-hybridized carbons (Fsp3) is 0.217. The van der Waals surface area contributed by atoms with Crippen molar-refractivity contribution in [2.45, 2.75) is 18.8 Å². The van der Waals surface area contributed by atoms with Crippen molar-refractivity contribution in [2.75, 3.05) is 14.2 Å². The van der Waals surface area contributed by atoms with Crippen LogP contribution >= 0.6 is 0 Å². The Morgan fingerprint density at radius 3 is 1.68 bits per heavy atom. The molecule has 2 nitrogen and oxygen atoms in total. The summed E-state index contributed by atoms with van der Waals surface area (Å²) in [6.45, 7) is 0. The van der Waals surface area contributed by atoms with Crippen LogP contribution in [0.1, 0.15) is 29.0 Å². The quantitative estimate of drug-likeness (QED) is 0.587. The van der Waals surface area contributed by atoms with Crippen LogP contribution in [0.5, 0.6) is 11.5 Å². The Morgan fingerprint density at radius 1 is 0.760 bits per heavy atom. The van der Waals surface area contributed by atoms with Crippen molar-refractivity contribution >= 4 is 0 Å². The van der Waals surface area contributed by atoms with Crippen molar-refractivity contribution in [2.24, 2.45) is 0 Å². The van der Waals surface area contributed by atoms with E-state index in [0.717, 1.165) is 29.9 Å². The fourth-order valence-electron chi connectivity index (χ4n) is 3.28. The highest BCUT2D eigenvalue weighted by atomic mass is 16.5. The third kappa shape index (κ3) is 4.03. The zero-order valence-electron chi connectivity index (χ0n) is 14.7. The third-order valence-corrected chi connectivity index (χ3v) is 4.55. The summed E-state index contributed by atoms with van der Waals surface area (Å²) in [4.78, 5) is 0. The molecular weight excluding hydrogens is 308 g/mol. The molecule has 0 aromatic heterocycles. The number of benzene rings is 3. The first kappa shape index (κ1) is 17.1. The summed E-state index contributed by atoms with van der Waals surface area (Å²) in [5.74, 6) is 2.00. The summed E-state index contributed by atoms with van der Waals surface area (Å²) in [7, 11) is 3.38. The summed E-state index contributed by atoms with van der Waals surface area (Å²) in [6.07, 6.45) is 1.85. The van der Waals surface area contributed by atoms with Gasteiger partial charge in [-0.15, -0.1) is 0 Å². The summed E-state index contributed by atoms with van der Waals surface area (Å²) >= 11 is 0. The van der Waals surface area contributed by atoms with Crippen molar-refractivity contribution in [3.63, 3.8) is 0 Å². The smallest absolute Gasteiger partial charge is 0.126 e. The number of ether oxygens (including phenoxy) is 2. The zero-order valence-corrected chi connectivity index (χ0v) is 14.7. The Kier molecular flexibility index (Phi) is 5.73. The van der Waals surface area contributed by atoms with E-state index < -0.39 is 0 Å². The lowest BCUT2D eigenvalue weighted by atomic mass is 9.86. The van der Waals surface area contributed by atoms with Gasteiger partial charge in [0.2, 0.25) is 0 Å². The molecule has 0 saturated heterocycles.